The van der Waals surface area contributed by atoms with Gasteiger partial charge in [0.15, 0.2) is 0 Å². The summed E-state index contributed by atoms with van der Waals surface area (Å²) in [6.45, 7) is 2.60. The third-order valence-corrected chi connectivity index (χ3v) is 4.31. The van der Waals surface area contributed by atoms with Crippen molar-refractivity contribution in [3.05, 3.63) is 28.8 Å². The normalized spacial score (nSPS) is 11.5. The van der Waals surface area contributed by atoms with Crippen molar-refractivity contribution in [1.29, 1.82) is 0 Å². The summed E-state index contributed by atoms with van der Waals surface area (Å²) in [6.07, 6.45) is 3.01. The number of benzene rings is 1. The van der Waals surface area contributed by atoms with Crippen LogP contribution in [0.2, 0.25) is 5.02 Å². The minimum atomic E-state index is -3.36. The van der Waals surface area contributed by atoms with Gasteiger partial charge in [0, 0.05) is 15.7 Å². The van der Waals surface area contributed by atoms with E-state index in [-0.39, 0.29) is 5.75 Å². The molecular formula is C13H18Cl2O3S. The molecule has 1 aromatic carbocycles. The summed E-state index contributed by atoms with van der Waals surface area (Å²) in [5.74, 6) is 0.821. The molecule has 0 atom stereocenters. The molecule has 0 bridgehead atoms. The molecule has 0 saturated heterocycles. The van der Waals surface area contributed by atoms with Crippen molar-refractivity contribution in [2.45, 2.75) is 32.6 Å². The zero-order valence-corrected chi connectivity index (χ0v) is 13.2. The van der Waals surface area contributed by atoms with Crippen LogP contribution in [0.25, 0.3) is 0 Å². The smallest absolute Gasteiger partial charge is 0.232 e. The van der Waals surface area contributed by atoms with Crippen LogP contribution in [0.4, 0.5) is 0 Å². The lowest BCUT2D eigenvalue weighted by Crippen LogP contribution is -2.01. The van der Waals surface area contributed by atoms with Crippen LogP contribution in [0, 0.1) is 0 Å². The second kappa shape index (κ2) is 7.98. The van der Waals surface area contributed by atoms with Crippen molar-refractivity contribution >= 4 is 31.3 Å². The largest absolute Gasteiger partial charge is 0.494 e. The fourth-order valence-corrected chi connectivity index (χ4v) is 2.78. The molecule has 0 heterocycles. The van der Waals surface area contributed by atoms with E-state index in [0.29, 0.717) is 13.0 Å². The number of hydrogen-bond acceptors (Lipinski definition) is 3. The van der Waals surface area contributed by atoms with E-state index in [0.717, 1.165) is 35.6 Å². The van der Waals surface area contributed by atoms with Crippen molar-refractivity contribution in [2.24, 2.45) is 0 Å². The van der Waals surface area contributed by atoms with Crippen molar-refractivity contribution in [2.75, 3.05) is 12.4 Å². The molecule has 0 aliphatic rings. The summed E-state index contributed by atoms with van der Waals surface area (Å²) in [7, 11) is 1.76. The molecule has 1 rings (SSSR count). The van der Waals surface area contributed by atoms with E-state index < -0.39 is 9.05 Å². The first-order valence-corrected chi connectivity index (χ1v) is 9.11. The Labute approximate surface area is 124 Å². The van der Waals surface area contributed by atoms with E-state index in [4.69, 9.17) is 27.0 Å². The van der Waals surface area contributed by atoms with Crippen molar-refractivity contribution in [3.63, 3.8) is 0 Å². The van der Waals surface area contributed by atoms with Crippen molar-refractivity contribution in [1.82, 2.24) is 0 Å². The van der Waals surface area contributed by atoms with Crippen LogP contribution >= 0.6 is 22.3 Å². The van der Waals surface area contributed by atoms with E-state index in [2.05, 4.69) is 0 Å². The van der Waals surface area contributed by atoms with Gasteiger partial charge in [-0.15, -0.1) is 0 Å². The van der Waals surface area contributed by atoms with Crippen LogP contribution in [0.15, 0.2) is 18.2 Å². The molecule has 6 heteroatoms. The molecule has 19 heavy (non-hydrogen) atoms. The minimum absolute atomic E-state index is 0.0233. The Bertz CT molecular complexity index is 501. The summed E-state index contributed by atoms with van der Waals surface area (Å²) >= 11 is 6.02. The summed E-state index contributed by atoms with van der Waals surface area (Å²) < 4.78 is 27.0. The summed E-state index contributed by atoms with van der Waals surface area (Å²) in [6, 6.07) is 5.60. The number of halogens is 2. The molecule has 3 nitrogen and oxygen atoms in total. The quantitative estimate of drug-likeness (QED) is 0.535. The number of ether oxygens (including phenoxy) is 1. The van der Waals surface area contributed by atoms with Gasteiger partial charge in [0.1, 0.15) is 5.75 Å². The molecule has 0 unspecified atom stereocenters. The van der Waals surface area contributed by atoms with Gasteiger partial charge in [-0.3, -0.25) is 0 Å². The van der Waals surface area contributed by atoms with Crippen LogP contribution in [0.1, 0.15) is 31.7 Å². The lowest BCUT2D eigenvalue weighted by Gasteiger charge is -2.08. The standard InChI is InChI=1S/C13H18Cl2O3S/c1-2-11-10-12(6-7-13(11)14)18-8-4-3-5-9-19(15,16)17/h6-7,10H,2-5,8-9H2,1H3. The Morgan fingerprint density at radius 1 is 1.21 bits per heavy atom. The molecular weight excluding hydrogens is 307 g/mol. The molecule has 0 aliphatic heterocycles. The molecule has 1 aromatic rings. The highest BCUT2D eigenvalue weighted by atomic mass is 35.7. The van der Waals surface area contributed by atoms with Crippen molar-refractivity contribution in [3.8, 4) is 5.75 Å². The molecule has 0 aromatic heterocycles. The van der Waals surface area contributed by atoms with Gasteiger partial charge >= 0.3 is 0 Å². The monoisotopic (exact) mass is 324 g/mol. The van der Waals surface area contributed by atoms with Crippen molar-refractivity contribution < 1.29 is 13.2 Å². The number of unbranched alkanes of at least 4 members (excludes halogenated alkanes) is 2. The zero-order chi connectivity index (χ0) is 14.3. The van der Waals surface area contributed by atoms with Crippen LogP contribution in [-0.2, 0) is 15.5 Å². The molecule has 0 radical (unpaired) electrons. The topological polar surface area (TPSA) is 43.4 Å². The first-order chi connectivity index (χ1) is 8.92. The zero-order valence-electron chi connectivity index (χ0n) is 10.9. The number of aryl methyl sites for hydroxylation is 1. The Kier molecular flexibility index (Phi) is 6.97. The van der Waals surface area contributed by atoms with Crippen LogP contribution < -0.4 is 4.74 Å². The van der Waals surface area contributed by atoms with Gasteiger partial charge in [-0.05, 0) is 49.4 Å². The highest BCUT2D eigenvalue weighted by Gasteiger charge is 2.04. The maximum Gasteiger partial charge on any atom is 0.232 e. The third kappa shape index (κ3) is 7.04. The summed E-state index contributed by atoms with van der Waals surface area (Å²) in [5.41, 5.74) is 1.06. The predicted molar refractivity (Wildman–Crippen MR) is 79.8 cm³/mol. The van der Waals surface area contributed by atoms with Gasteiger partial charge in [-0.2, -0.15) is 0 Å². The van der Waals surface area contributed by atoms with Gasteiger partial charge < -0.3 is 4.74 Å². The maximum absolute atomic E-state index is 10.7. The van der Waals surface area contributed by atoms with E-state index in [1.165, 1.54) is 0 Å². The van der Waals surface area contributed by atoms with Crippen LogP contribution in [-0.4, -0.2) is 20.8 Å². The Morgan fingerprint density at radius 2 is 1.95 bits per heavy atom. The minimum Gasteiger partial charge on any atom is -0.494 e. The Morgan fingerprint density at radius 3 is 2.58 bits per heavy atom. The first kappa shape index (κ1) is 16.6. The predicted octanol–water partition coefficient (Wildman–Crippen LogP) is 4.02. The maximum atomic E-state index is 10.7. The van der Waals surface area contributed by atoms with Gasteiger partial charge in [0.2, 0.25) is 9.05 Å². The SMILES string of the molecule is CCc1cc(OCCCCCS(=O)(=O)Cl)ccc1Cl. The number of hydrogen-bond donors (Lipinski definition) is 0. The second-order valence-corrected chi connectivity index (χ2v) is 7.56. The van der Waals surface area contributed by atoms with Gasteiger partial charge in [0.25, 0.3) is 0 Å². The number of rotatable bonds is 8. The lowest BCUT2D eigenvalue weighted by atomic mass is 10.1. The van der Waals surface area contributed by atoms with Gasteiger partial charge in [-0.25, -0.2) is 8.42 Å². The summed E-state index contributed by atoms with van der Waals surface area (Å²) in [5, 5.41) is 0.752. The molecule has 0 fully saturated rings. The molecule has 0 amide bonds. The molecule has 0 saturated carbocycles. The average molecular weight is 325 g/mol. The van der Waals surface area contributed by atoms with E-state index in [1.807, 2.05) is 25.1 Å². The summed E-state index contributed by atoms with van der Waals surface area (Å²) in [4.78, 5) is 0. The first-order valence-electron chi connectivity index (χ1n) is 6.26. The van der Waals surface area contributed by atoms with Crippen LogP contribution in [0.5, 0.6) is 5.75 Å². The second-order valence-electron chi connectivity index (χ2n) is 4.26. The Balaban J connectivity index is 2.26. The fraction of sp³-hybridized carbons (Fsp3) is 0.538. The highest BCUT2D eigenvalue weighted by Crippen LogP contribution is 2.22. The molecule has 0 aliphatic carbocycles. The third-order valence-electron chi connectivity index (χ3n) is 2.70. The van der Waals surface area contributed by atoms with Crippen LogP contribution in [0.3, 0.4) is 0 Å². The fourth-order valence-electron chi connectivity index (χ4n) is 1.66. The van der Waals surface area contributed by atoms with E-state index in [9.17, 15) is 8.42 Å². The molecule has 0 N–H and O–H groups in total. The molecule has 108 valence electrons. The van der Waals surface area contributed by atoms with Gasteiger partial charge in [0.05, 0.1) is 12.4 Å². The lowest BCUT2D eigenvalue weighted by molar-refractivity contribution is 0.306. The van der Waals surface area contributed by atoms with E-state index in [1.54, 1.807) is 0 Å². The highest BCUT2D eigenvalue weighted by molar-refractivity contribution is 8.13. The van der Waals surface area contributed by atoms with E-state index >= 15 is 0 Å². The average Bonchev–Trinajstić information content (AvgIpc) is 2.34. The van der Waals surface area contributed by atoms with Gasteiger partial charge in [-0.1, -0.05) is 18.5 Å². The Hall–Kier alpha value is -0.450. The molecule has 0 spiro atoms.